The zero-order chi connectivity index (χ0) is 23.4. The molecule has 0 saturated carbocycles. The van der Waals surface area contributed by atoms with Crippen molar-refractivity contribution in [2.24, 2.45) is 0 Å². The molecule has 5 rings (SSSR count). The van der Waals surface area contributed by atoms with Crippen molar-refractivity contribution in [3.63, 3.8) is 0 Å². The van der Waals surface area contributed by atoms with Crippen LogP contribution in [0.5, 0.6) is 0 Å². The van der Waals surface area contributed by atoms with E-state index in [2.05, 4.69) is 46.8 Å². The number of hydrogen-bond donors (Lipinski definition) is 3. The number of aromatic nitrogens is 1. The summed E-state index contributed by atoms with van der Waals surface area (Å²) in [7, 11) is 1.83. The number of rotatable bonds is 2. The van der Waals surface area contributed by atoms with Gasteiger partial charge in [-0.25, -0.2) is 9.99 Å². The number of amides is 2. The molecule has 2 aromatic rings. The number of nitrogens with one attached hydrogen (secondary N) is 3. The molecule has 0 unspecified atom stereocenters. The van der Waals surface area contributed by atoms with E-state index in [0.717, 1.165) is 42.4 Å². The lowest BCUT2D eigenvalue weighted by molar-refractivity contribution is -0.121. The summed E-state index contributed by atoms with van der Waals surface area (Å²) in [4.78, 5) is 32.4. The summed E-state index contributed by atoms with van der Waals surface area (Å²) in [5, 5.41) is 10.5. The molecular weight excluding hydrogens is 416 g/mol. The van der Waals surface area contributed by atoms with Gasteiger partial charge in [0.15, 0.2) is 0 Å². The molecule has 3 aliphatic heterocycles. The number of benzene rings is 1. The van der Waals surface area contributed by atoms with Gasteiger partial charge in [0.25, 0.3) is 11.8 Å². The Bertz CT molecular complexity index is 1160. The zero-order valence-electron chi connectivity index (χ0n) is 19.8. The molecule has 3 N–H and O–H groups in total. The monoisotopic (exact) mass is 448 g/mol. The zero-order valence-corrected chi connectivity index (χ0v) is 19.8. The number of likely N-dealkylation sites (tertiary alicyclic amines) is 1. The second kappa shape index (κ2) is 7.73. The lowest BCUT2D eigenvalue weighted by Gasteiger charge is -2.44. The third kappa shape index (κ3) is 3.82. The fourth-order valence-electron chi connectivity index (χ4n) is 5.16. The highest BCUT2D eigenvalue weighted by molar-refractivity contribution is 6.01. The summed E-state index contributed by atoms with van der Waals surface area (Å²) in [5.74, 6) is 0.772. The maximum absolute atomic E-state index is 13.3. The van der Waals surface area contributed by atoms with Crippen molar-refractivity contribution in [2.45, 2.75) is 51.1 Å². The van der Waals surface area contributed by atoms with Gasteiger partial charge in [-0.05, 0) is 69.2 Å². The molecular formula is C25H32N6O2. The Hall–Kier alpha value is -3.13. The molecule has 1 aromatic carbocycles. The van der Waals surface area contributed by atoms with Crippen molar-refractivity contribution < 1.29 is 9.59 Å². The summed E-state index contributed by atoms with van der Waals surface area (Å²) in [6.45, 7) is 8.43. The quantitative estimate of drug-likeness (QED) is 0.655. The maximum Gasteiger partial charge on any atom is 0.269 e. The average molecular weight is 449 g/mol. The van der Waals surface area contributed by atoms with Gasteiger partial charge in [0.1, 0.15) is 11.5 Å². The fourth-order valence-corrected chi connectivity index (χ4v) is 5.16. The molecule has 1 aromatic heterocycles. The summed E-state index contributed by atoms with van der Waals surface area (Å²) >= 11 is 0. The smallest absolute Gasteiger partial charge is 0.269 e. The van der Waals surface area contributed by atoms with E-state index < -0.39 is 0 Å². The van der Waals surface area contributed by atoms with E-state index in [1.54, 1.807) is 6.20 Å². The maximum atomic E-state index is 13.3. The minimum Gasteiger partial charge on any atom is -0.373 e. The largest absolute Gasteiger partial charge is 0.373 e. The third-order valence-electron chi connectivity index (χ3n) is 7.17. The highest BCUT2D eigenvalue weighted by atomic mass is 16.2. The molecule has 4 heterocycles. The first-order valence-electron chi connectivity index (χ1n) is 11.6. The number of hydrazine groups is 1. The molecule has 2 amide bonds. The van der Waals surface area contributed by atoms with Crippen LogP contribution in [0.2, 0.25) is 0 Å². The van der Waals surface area contributed by atoms with Gasteiger partial charge in [-0.1, -0.05) is 6.07 Å². The first-order valence-corrected chi connectivity index (χ1v) is 11.6. The first kappa shape index (κ1) is 21.7. The molecule has 1 fully saturated rings. The average Bonchev–Trinajstić information content (AvgIpc) is 3.23. The van der Waals surface area contributed by atoms with Crippen molar-refractivity contribution in [1.82, 2.24) is 25.6 Å². The van der Waals surface area contributed by atoms with Crippen LogP contribution in [0, 0.1) is 0 Å². The summed E-state index contributed by atoms with van der Waals surface area (Å²) in [6, 6.07) is 7.73. The number of anilines is 1. The van der Waals surface area contributed by atoms with Crippen molar-refractivity contribution in [3.05, 3.63) is 47.3 Å². The highest BCUT2D eigenvalue weighted by Crippen LogP contribution is 2.37. The van der Waals surface area contributed by atoms with Gasteiger partial charge in [-0.2, -0.15) is 0 Å². The van der Waals surface area contributed by atoms with Crippen molar-refractivity contribution in [2.75, 3.05) is 32.0 Å². The van der Waals surface area contributed by atoms with E-state index in [9.17, 15) is 9.59 Å². The second-order valence-electron chi connectivity index (χ2n) is 10.4. The van der Waals surface area contributed by atoms with E-state index in [1.807, 2.05) is 36.2 Å². The topological polar surface area (TPSA) is 89.6 Å². The SMILES string of the molecule is CNc1nccc2ccc(C(=O)N3CCC4(CC3)CC3=C(NN(C(C)(C)C)C3)C(=O)N4)cc12. The van der Waals surface area contributed by atoms with E-state index in [0.29, 0.717) is 24.4 Å². The fraction of sp³-hybridized carbons (Fsp3) is 0.480. The van der Waals surface area contributed by atoms with Crippen LogP contribution in [0.25, 0.3) is 10.8 Å². The van der Waals surface area contributed by atoms with Gasteiger partial charge in [0.2, 0.25) is 0 Å². The van der Waals surface area contributed by atoms with Crippen molar-refractivity contribution in [1.29, 1.82) is 0 Å². The van der Waals surface area contributed by atoms with Crippen LogP contribution in [0.4, 0.5) is 5.82 Å². The van der Waals surface area contributed by atoms with Crippen LogP contribution in [0.1, 0.15) is 50.4 Å². The van der Waals surface area contributed by atoms with Gasteiger partial charge < -0.3 is 21.0 Å². The Labute approximate surface area is 194 Å². The van der Waals surface area contributed by atoms with Crippen molar-refractivity contribution >= 4 is 28.4 Å². The summed E-state index contributed by atoms with van der Waals surface area (Å²) in [6.07, 6.45) is 4.11. The Morgan fingerprint density at radius 2 is 1.94 bits per heavy atom. The summed E-state index contributed by atoms with van der Waals surface area (Å²) in [5.41, 5.74) is 5.52. The molecule has 3 aliphatic rings. The first-order chi connectivity index (χ1) is 15.7. The molecule has 33 heavy (non-hydrogen) atoms. The van der Waals surface area contributed by atoms with Gasteiger partial charge in [0, 0.05) is 54.9 Å². The number of nitrogens with zero attached hydrogens (tertiary/aromatic N) is 3. The number of carbonyl (C=O) groups excluding carboxylic acids is 2. The number of piperidine rings is 1. The van der Waals surface area contributed by atoms with Crippen LogP contribution in [-0.2, 0) is 4.79 Å². The van der Waals surface area contributed by atoms with E-state index in [1.165, 1.54) is 5.57 Å². The van der Waals surface area contributed by atoms with Crippen LogP contribution < -0.4 is 16.1 Å². The lowest BCUT2D eigenvalue weighted by atomic mass is 9.78. The standard InChI is InChI=1S/C25H32N6O2/c1-24(2,3)31-15-18-14-25(28-22(32)20(18)29-31)8-11-30(12-9-25)23(33)17-6-5-16-7-10-27-21(26-4)19(16)13-17/h5-7,10,13,29H,8-9,11-12,14-15H2,1-4H3,(H,26,27)(H,28,32). The molecule has 0 aliphatic carbocycles. The number of fused-ring (bicyclic) bond motifs is 1. The van der Waals surface area contributed by atoms with Gasteiger partial charge in [0.05, 0.1) is 0 Å². The lowest BCUT2D eigenvalue weighted by Crippen LogP contribution is -2.59. The molecule has 1 saturated heterocycles. The Balaban J connectivity index is 1.29. The highest BCUT2D eigenvalue weighted by Gasteiger charge is 2.45. The van der Waals surface area contributed by atoms with Crippen LogP contribution in [0.15, 0.2) is 41.7 Å². The predicted molar refractivity (Wildman–Crippen MR) is 129 cm³/mol. The van der Waals surface area contributed by atoms with Crippen LogP contribution in [0.3, 0.4) is 0 Å². The van der Waals surface area contributed by atoms with E-state index in [-0.39, 0.29) is 22.9 Å². The van der Waals surface area contributed by atoms with Crippen LogP contribution >= 0.6 is 0 Å². The Morgan fingerprint density at radius 3 is 2.64 bits per heavy atom. The number of pyridine rings is 1. The Morgan fingerprint density at radius 1 is 1.18 bits per heavy atom. The molecule has 0 bridgehead atoms. The summed E-state index contributed by atoms with van der Waals surface area (Å²) < 4.78 is 0. The Kier molecular flexibility index (Phi) is 5.08. The van der Waals surface area contributed by atoms with E-state index in [4.69, 9.17) is 0 Å². The third-order valence-corrected chi connectivity index (χ3v) is 7.17. The molecule has 174 valence electrons. The molecule has 0 radical (unpaired) electrons. The molecule has 8 heteroatoms. The normalized spacial score (nSPS) is 20.6. The number of hydrogen-bond acceptors (Lipinski definition) is 6. The molecule has 1 spiro atoms. The molecule has 0 atom stereocenters. The van der Waals surface area contributed by atoms with Crippen LogP contribution in [-0.4, -0.2) is 64.5 Å². The van der Waals surface area contributed by atoms with Gasteiger partial charge in [-0.15, -0.1) is 0 Å². The van der Waals surface area contributed by atoms with Gasteiger partial charge in [-0.3, -0.25) is 9.59 Å². The molecule has 8 nitrogen and oxygen atoms in total. The van der Waals surface area contributed by atoms with Gasteiger partial charge >= 0.3 is 0 Å². The predicted octanol–water partition coefficient (Wildman–Crippen LogP) is 2.64. The minimum atomic E-state index is -0.269. The second-order valence-corrected chi connectivity index (χ2v) is 10.4. The van der Waals surface area contributed by atoms with Crippen molar-refractivity contribution in [3.8, 4) is 0 Å². The minimum absolute atomic E-state index is 0.0237. The van der Waals surface area contributed by atoms with E-state index >= 15 is 0 Å². The number of carbonyl (C=O) groups is 2.